The van der Waals surface area contributed by atoms with Crippen LogP contribution in [0.3, 0.4) is 0 Å². The van der Waals surface area contributed by atoms with Crippen molar-refractivity contribution in [3.05, 3.63) is 29.3 Å². The van der Waals surface area contributed by atoms with E-state index >= 15 is 0 Å². The van der Waals surface area contributed by atoms with Crippen molar-refractivity contribution in [1.29, 1.82) is 0 Å². The number of unbranched alkanes of at least 4 members (excludes halogenated alkanes) is 1. The molecule has 1 amide bonds. The van der Waals surface area contributed by atoms with Gasteiger partial charge < -0.3 is 4.90 Å². The molecule has 0 bridgehead atoms. The summed E-state index contributed by atoms with van der Waals surface area (Å²) in [7, 11) is -3.72. The van der Waals surface area contributed by atoms with Crippen LogP contribution < -0.4 is 0 Å². The Morgan fingerprint density at radius 1 is 1.21 bits per heavy atom. The van der Waals surface area contributed by atoms with E-state index in [0.29, 0.717) is 17.9 Å². The van der Waals surface area contributed by atoms with Crippen molar-refractivity contribution in [3.8, 4) is 0 Å². The topological polar surface area (TPSA) is 57.7 Å². The van der Waals surface area contributed by atoms with Crippen LogP contribution in [0.15, 0.2) is 29.2 Å². The van der Waals surface area contributed by atoms with Crippen LogP contribution >= 0.6 is 11.6 Å². The third kappa shape index (κ3) is 6.09. The molecule has 28 heavy (non-hydrogen) atoms. The summed E-state index contributed by atoms with van der Waals surface area (Å²) in [6.07, 6.45) is -2.88. The Labute approximate surface area is 168 Å². The molecule has 0 atom stereocenters. The highest BCUT2D eigenvalue weighted by molar-refractivity contribution is 7.89. The third-order valence-electron chi connectivity index (χ3n) is 4.72. The van der Waals surface area contributed by atoms with E-state index in [2.05, 4.69) is 0 Å². The molecule has 0 saturated carbocycles. The number of amides is 1. The number of alkyl halides is 3. The molecule has 2 rings (SSSR count). The molecule has 158 valence electrons. The lowest BCUT2D eigenvalue weighted by atomic mass is 9.96. The molecule has 0 N–H and O–H groups in total. The van der Waals surface area contributed by atoms with Crippen molar-refractivity contribution in [2.24, 2.45) is 5.92 Å². The lowest BCUT2D eigenvalue weighted by Gasteiger charge is -2.34. The fourth-order valence-electron chi connectivity index (χ4n) is 3.19. The Bertz CT molecular complexity index is 761. The molecule has 0 aliphatic carbocycles. The Kier molecular flexibility index (Phi) is 7.75. The Morgan fingerprint density at radius 2 is 1.79 bits per heavy atom. The van der Waals surface area contributed by atoms with Crippen molar-refractivity contribution in [3.63, 3.8) is 0 Å². The van der Waals surface area contributed by atoms with Gasteiger partial charge in [0.25, 0.3) is 0 Å². The summed E-state index contributed by atoms with van der Waals surface area (Å²) in [6.45, 7) is 0.813. The van der Waals surface area contributed by atoms with Crippen LogP contribution in [0.2, 0.25) is 5.02 Å². The Hall–Kier alpha value is -1.32. The van der Waals surface area contributed by atoms with Gasteiger partial charge in [0.2, 0.25) is 15.9 Å². The van der Waals surface area contributed by atoms with Crippen molar-refractivity contribution >= 4 is 27.5 Å². The minimum atomic E-state index is -4.46. The van der Waals surface area contributed by atoms with Gasteiger partial charge in [0.15, 0.2) is 0 Å². The van der Waals surface area contributed by atoms with Crippen molar-refractivity contribution in [1.82, 2.24) is 9.21 Å². The smallest absolute Gasteiger partial charge is 0.333 e. The first-order chi connectivity index (χ1) is 13.0. The van der Waals surface area contributed by atoms with Gasteiger partial charge in [-0.15, -0.1) is 0 Å². The lowest BCUT2D eigenvalue weighted by molar-refractivity contribution is -0.164. The molecular weight excluding hydrogens is 417 g/mol. The van der Waals surface area contributed by atoms with Crippen LogP contribution in [-0.4, -0.2) is 55.9 Å². The standard InChI is InChI=1S/C18H24ClF3N2O3S/c1-2-3-10-23(13-18(20,21)22)17(25)14-8-11-24(12-9-14)28(26,27)16-6-4-15(19)5-7-16/h4-7,14H,2-3,8-13H2,1H3. The summed E-state index contributed by atoms with van der Waals surface area (Å²) >= 11 is 5.78. The first kappa shape index (κ1) is 23.0. The van der Waals surface area contributed by atoms with E-state index in [1.807, 2.05) is 6.92 Å². The van der Waals surface area contributed by atoms with E-state index in [-0.39, 0.29) is 37.4 Å². The van der Waals surface area contributed by atoms with Gasteiger partial charge in [0.05, 0.1) is 4.90 Å². The number of rotatable bonds is 7. The summed E-state index contributed by atoms with van der Waals surface area (Å²) in [5.41, 5.74) is 0. The average Bonchev–Trinajstić information content (AvgIpc) is 2.64. The number of hydrogen-bond acceptors (Lipinski definition) is 3. The normalized spacial score (nSPS) is 16.9. The first-order valence-electron chi connectivity index (χ1n) is 9.16. The zero-order chi connectivity index (χ0) is 20.9. The van der Waals surface area contributed by atoms with E-state index in [9.17, 15) is 26.4 Å². The van der Waals surface area contributed by atoms with Crippen LogP contribution in [0, 0.1) is 5.92 Å². The maximum atomic E-state index is 12.8. The molecule has 1 aromatic carbocycles. The molecule has 0 unspecified atom stereocenters. The van der Waals surface area contributed by atoms with Crippen LogP contribution in [-0.2, 0) is 14.8 Å². The molecule has 1 fully saturated rings. The number of nitrogens with zero attached hydrogens (tertiary/aromatic N) is 2. The summed E-state index contributed by atoms with van der Waals surface area (Å²) in [5.74, 6) is -1.15. The molecule has 10 heteroatoms. The van der Waals surface area contributed by atoms with Crippen LogP contribution in [0.1, 0.15) is 32.6 Å². The number of hydrogen-bond donors (Lipinski definition) is 0. The number of benzene rings is 1. The first-order valence-corrected chi connectivity index (χ1v) is 11.0. The second-order valence-electron chi connectivity index (χ2n) is 6.86. The SMILES string of the molecule is CCCCN(CC(F)(F)F)C(=O)C1CCN(S(=O)(=O)c2ccc(Cl)cc2)CC1. The fraction of sp³-hybridized carbons (Fsp3) is 0.611. The molecule has 0 radical (unpaired) electrons. The average molecular weight is 441 g/mol. The van der Waals surface area contributed by atoms with Gasteiger partial charge in [0.1, 0.15) is 6.54 Å². The number of piperidine rings is 1. The summed E-state index contributed by atoms with van der Waals surface area (Å²) in [5, 5.41) is 0.417. The number of carbonyl (C=O) groups excluding carboxylic acids is 1. The predicted octanol–water partition coefficient (Wildman–Crippen LogP) is 3.93. The summed E-state index contributed by atoms with van der Waals surface area (Å²) in [4.78, 5) is 13.5. The van der Waals surface area contributed by atoms with Crippen molar-refractivity contribution in [2.75, 3.05) is 26.2 Å². The molecule has 5 nitrogen and oxygen atoms in total. The molecule has 1 heterocycles. The molecule has 1 aliphatic rings. The van der Waals surface area contributed by atoms with Crippen LogP contribution in [0.4, 0.5) is 13.2 Å². The molecule has 0 aromatic heterocycles. The van der Waals surface area contributed by atoms with Gasteiger partial charge in [-0.05, 0) is 43.5 Å². The maximum absolute atomic E-state index is 12.8. The molecule has 1 aromatic rings. The van der Waals surface area contributed by atoms with Gasteiger partial charge >= 0.3 is 6.18 Å². The minimum absolute atomic E-state index is 0.0537. The zero-order valence-corrected chi connectivity index (χ0v) is 17.2. The van der Waals surface area contributed by atoms with Gasteiger partial charge in [-0.2, -0.15) is 17.5 Å². The van der Waals surface area contributed by atoms with Crippen LogP contribution in [0.5, 0.6) is 0 Å². The maximum Gasteiger partial charge on any atom is 0.406 e. The van der Waals surface area contributed by atoms with Crippen LogP contribution in [0.25, 0.3) is 0 Å². The Morgan fingerprint density at radius 3 is 2.29 bits per heavy atom. The molecule has 1 saturated heterocycles. The number of halogens is 4. The van der Waals surface area contributed by atoms with E-state index in [0.717, 1.165) is 4.90 Å². The monoisotopic (exact) mass is 440 g/mol. The zero-order valence-electron chi connectivity index (χ0n) is 15.6. The van der Waals surface area contributed by atoms with Crippen molar-refractivity contribution < 1.29 is 26.4 Å². The quantitative estimate of drug-likeness (QED) is 0.645. The van der Waals surface area contributed by atoms with E-state index in [1.54, 1.807) is 0 Å². The van der Waals surface area contributed by atoms with E-state index in [1.165, 1.54) is 28.6 Å². The Balaban J connectivity index is 2.02. The van der Waals surface area contributed by atoms with Crippen molar-refractivity contribution in [2.45, 2.75) is 43.7 Å². The van der Waals surface area contributed by atoms with Gasteiger partial charge in [-0.1, -0.05) is 24.9 Å². The second kappa shape index (κ2) is 9.45. The molecule has 1 aliphatic heterocycles. The third-order valence-corrected chi connectivity index (χ3v) is 6.88. The van der Waals surface area contributed by atoms with Gasteiger partial charge in [-0.25, -0.2) is 8.42 Å². The second-order valence-corrected chi connectivity index (χ2v) is 9.24. The minimum Gasteiger partial charge on any atom is -0.333 e. The van der Waals surface area contributed by atoms with Gasteiger partial charge in [0, 0.05) is 30.6 Å². The fourth-order valence-corrected chi connectivity index (χ4v) is 4.79. The highest BCUT2D eigenvalue weighted by atomic mass is 35.5. The highest BCUT2D eigenvalue weighted by Gasteiger charge is 2.37. The number of carbonyl (C=O) groups is 1. The molecular formula is C18H24ClF3N2O3S. The summed E-state index contributed by atoms with van der Waals surface area (Å²) in [6, 6.07) is 5.77. The highest BCUT2D eigenvalue weighted by Crippen LogP contribution is 2.27. The molecule has 0 spiro atoms. The summed E-state index contributed by atoms with van der Waals surface area (Å²) < 4.78 is 65.0. The van der Waals surface area contributed by atoms with E-state index in [4.69, 9.17) is 11.6 Å². The van der Waals surface area contributed by atoms with Gasteiger partial charge in [-0.3, -0.25) is 4.79 Å². The number of sulfonamides is 1. The van der Waals surface area contributed by atoms with E-state index < -0.39 is 34.6 Å². The largest absolute Gasteiger partial charge is 0.406 e. The predicted molar refractivity (Wildman–Crippen MR) is 100 cm³/mol. The lowest BCUT2D eigenvalue weighted by Crippen LogP contribution is -2.47.